The predicted octanol–water partition coefficient (Wildman–Crippen LogP) is 1.96. The highest BCUT2D eigenvalue weighted by Crippen LogP contribution is 2.27. The van der Waals surface area contributed by atoms with Gasteiger partial charge in [-0.25, -0.2) is 9.07 Å². The number of nitrogens with zero attached hydrogens (tertiary/aromatic N) is 4. The van der Waals surface area contributed by atoms with Gasteiger partial charge in [0, 0.05) is 13.1 Å². The van der Waals surface area contributed by atoms with Crippen LogP contribution in [-0.4, -0.2) is 52.0 Å². The molecule has 4 rings (SSSR count). The largest absolute Gasteiger partial charge is 0.337 e. The summed E-state index contributed by atoms with van der Waals surface area (Å²) in [6.07, 6.45) is 3.74. The molecule has 1 aromatic heterocycles. The van der Waals surface area contributed by atoms with E-state index in [9.17, 15) is 9.18 Å². The summed E-state index contributed by atoms with van der Waals surface area (Å²) in [6.45, 7) is 4.08. The zero-order valence-electron chi connectivity index (χ0n) is 14.5. The number of carbonyl (C=O) groups is 1. The SMILES string of the molecule is Cl.O=C(c1cn(Cc2cccc(F)c2)nn1)N1CC[C@@H]2CNC[C@@H]2CC1. The zero-order chi connectivity index (χ0) is 17.2. The van der Waals surface area contributed by atoms with E-state index in [4.69, 9.17) is 0 Å². The molecule has 2 saturated heterocycles. The second-order valence-electron chi connectivity index (χ2n) is 6.98. The number of hydrogen-bond donors (Lipinski definition) is 1. The van der Waals surface area contributed by atoms with Crippen molar-refractivity contribution in [2.45, 2.75) is 19.4 Å². The molecule has 0 bridgehead atoms. The van der Waals surface area contributed by atoms with Crippen LogP contribution in [0.3, 0.4) is 0 Å². The molecule has 0 aliphatic carbocycles. The number of aromatic nitrogens is 3. The molecule has 0 unspecified atom stereocenters. The lowest BCUT2D eigenvalue weighted by molar-refractivity contribution is 0.0752. The molecule has 2 aliphatic heterocycles. The number of likely N-dealkylation sites (tertiary alicyclic amines) is 1. The van der Waals surface area contributed by atoms with E-state index in [0.717, 1.165) is 44.6 Å². The van der Waals surface area contributed by atoms with Gasteiger partial charge in [0.25, 0.3) is 5.91 Å². The Morgan fingerprint density at radius 2 is 1.96 bits per heavy atom. The van der Waals surface area contributed by atoms with Gasteiger partial charge in [-0.15, -0.1) is 17.5 Å². The first kappa shape index (κ1) is 18.8. The van der Waals surface area contributed by atoms with Gasteiger partial charge in [-0.3, -0.25) is 4.79 Å². The highest BCUT2D eigenvalue weighted by Gasteiger charge is 2.32. The maximum atomic E-state index is 13.3. The number of nitrogens with one attached hydrogen (secondary N) is 1. The quantitative estimate of drug-likeness (QED) is 0.885. The molecule has 1 amide bonds. The molecule has 26 heavy (non-hydrogen) atoms. The molecular weight excluding hydrogens is 357 g/mol. The summed E-state index contributed by atoms with van der Waals surface area (Å²) in [5.74, 6) is 1.03. The molecule has 0 radical (unpaired) electrons. The number of benzene rings is 1. The summed E-state index contributed by atoms with van der Waals surface area (Å²) in [6, 6.07) is 6.36. The molecule has 6 nitrogen and oxygen atoms in total. The first-order valence-electron chi connectivity index (χ1n) is 8.83. The van der Waals surface area contributed by atoms with Crippen LogP contribution in [0.1, 0.15) is 28.9 Å². The van der Waals surface area contributed by atoms with Crippen molar-refractivity contribution in [2.24, 2.45) is 11.8 Å². The van der Waals surface area contributed by atoms with Crippen molar-refractivity contribution < 1.29 is 9.18 Å². The second kappa shape index (κ2) is 8.14. The summed E-state index contributed by atoms with van der Waals surface area (Å²) < 4.78 is 14.9. The minimum absolute atomic E-state index is 0. The molecule has 2 aromatic rings. The lowest BCUT2D eigenvalue weighted by Gasteiger charge is -2.19. The van der Waals surface area contributed by atoms with Gasteiger partial charge in [0.15, 0.2) is 5.69 Å². The lowest BCUT2D eigenvalue weighted by atomic mass is 9.92. The summed E-state index contributed by atoms with van der Waals surface area (Å²) in [5.41, 5.74) is 1.15. The van der Waals surface area contributed by atoms with Crippen LogP contribution in [0.25, 0.3) is 0 Å². The van der Waals surface area contributed by atoms with Crippen molar-refractivity contribution in [1.29, 1.82) is 0 Å². The van der Waals surface area contributed by atoms with E-state index in [1.54, 1.807) is 16.9 Å². The maximum absolute atomic E-state index is 13.3. The van der Waals surface area contributed by atoms with Crippen molar-refractivity contribution in [1.82, 2.24) is 25.2 Å². The van der Waals surface area contributed by atoms with E-state index < -0.39 is 0 Å². The summed E-state index contributed by atoms with van der Waals surface area (Å²) in [4.78, 5) is 14.6. The zero-order valence-corrected chi connectivity index (χ0v) is 15.3. The minimum atomic E-state index is -0.279. The van der Waals surface area contributed by atoms with Gasteiger partial charge in [-0.1, -0.05) is 17.3 Å². The molecule has 1 N–H and O–H groups in total. The molecule has 8 heteroatoms. The molecular formula is C18H23ClFN5O. The molecule has 2 atom stereocenters. The van der Waals surface area contributed by atoms with Gasteiger partial charge in [0.1, 0.15) is 5.82 Å². The Bertz CT molecular complexity index is 754. The van der Waals surface area contributed by atoms with Crippen molar-refractivity contribution in [3.05, 3.63) is 47.5 Å². The normalized spacial score (nSPS) is 22.4. The first-order chi connectivity index (χ1) is 12.2. The van der Waals surface area contributed by atoms with Crippen molar-refractivity contribution in [3.63, 3.8) is 0 Å². The Balaban J connectivity index is 0.00000196. The summed E-state index contributed by atoms with van der Waals surface area (Å²) in [7, 11) is 0. The van der Waals surface area contributed by atoms with Gasteiger partial charge < -0.3 is 10.2 Å². The van der Waals surface area contributed by atoms with Gasteiger partial charge in [0.05, 0.1) is 12.7 Å². The van der Waals surface area contributed by atoms with E-state index >= 15 is 0 Å². The molecule has 1 aromatic carbocycles. The number of hydrogen-bond acceptors (Lipinski definition) is 4. The fraction of sp³-hybridized carbons (Fsp3) is 0.500. The van der Waals surface area contributed by atoms with Gasteiger partial charge in [-0.2, -0.15) is 0 Å². The van der Waals surface area contributed by atoms with E-state index in [1.165, 1.54) is 12.1 Å². The molecule has 3 heterocycles. The highest BCUT2D eigenvalue weighted by atomic mass is 35.5. The van der Waals surface area contributed by atoms with Crippen LogP contribution in [0.15, 0.2) is 30.5 Å². The molecule has 2 fully saturated rings. The third-order valence-corrected chi connectivity index (χ3v) is 5.30. The number of fused-ring (bicyclic) bond motifs is 1. The lowest BCUT2D eigenvalue weighted by Crippen LogP contribution is -2.33. The van der Waals surface area contributed by atoms with Crippen molar-refractivity contribution in [2.75, 3.05) is 26.2 Å². The Kier molecular flexibility index (Phi) is 5.88. The van der Waals surface area contributed by atoms with Gasteiger partial charge in [0.2, 0.25) is 0 Å². The fourth-order valence-corrected chi connectivity index (χ4v) is 3.88. The summed E-state index contributed by atoms with van der Waals surface area (Å²) >= 11 is 0. The maximum Gasteiger partial charge on any atom is 0.276 e. The van der Waals surface area contributed by atoms with Crippen LogP contribution in [0.2, 0.25) is 0 Å². The number of carbonyl (C=O) groups excluding carboxylic acids is 1. The van der Waals surface area contributed by atoms with Crippen LogP contribution in [0, 0.1) is 17.7 Å². The molecule has 140 valence electrons. The van der Waals surface area contributed by atoms with E-state index in [-0.39, 0.29) is 24.1 Å². The van der Waals surface area contributed by atoms with E-state index in [1.807, 2.05) is 11.0 Å². The van der Waals surface area contributed by atoms with E-state index in [0.29, 0.717) is 24.1 Å². The van der Waals surface area contributed by atoms with Crippen LogP contribution in [0.4, 0.5) is 4.39 Å². The van der Waals surface area contributed by atoms with Crippen LogP contribution in [0.5, 0.6) is 0 Å². The van der Waals surface area contributed by atoms with Crippen LogP contribution >= 0.6 is 12.4 Å². The monoisotopic (exact) mass is 379 g/mol. The number of amides is 1. The average molecular weight is 380 g/mol. The van der Waals surface area contributed by atoms with Crippen molar-refractivity contribution >= 4 is 18.3 Å². The Labute approximate surface area is 158 Å². The van der Waals surface area contributed by atoms with Gasteiger partial charge >= 0.3 is 0 Å². The average Bonchev–Trinajstić information content (AvgIpc) is 3.20. The summed E-state index contributed by atoms with van der Waals surface area (Å²) in [5, 5.41) is 11.5. The van der Waals surface area contributed by atoms with Crippen LogP contribution in [-0.2, 0) is 6.54 Å². The molecule has 2 aliphatic rings. The van der Waals surface area contributed by atoms with E-state index in [2.05, 4.69) is 15.6 Å². The third-order valence-electron chi connectivity index (χ3n) is 5.30. The standard InChI is InChI=1S/C18H22FN5O.ClH/c19-16-3-1-2-13(8-16)11-24-12-17(21-22-24)18(25)23-6-4-14-9-20-10-15(14)5-7-23;/h1-3,8,12,14-15,20H,4-7,9-11H2;1H/t14-,15+;. The van der Waals surface area contributed by atoms with Gasteiger partial charge in [-0.05, 0) is 55.5 Å². The predicted molar refractivity (Wildman–Crippen MR) is 97.8 cm³/mol. The Morgan fingerprint density at radius 1 is 1.23 bits per heavy atom. The third kappa shape index (κ3) is 4.04. The number of rotatable bonds is 3. The minimum Gasteiger partial charge on any atom is -0.337 e. The Hall–Kier alpha value is -1.99. The first-order valence-corrected chi connectivity index (χ1v) is 8.83. The highest BCUT2D eigenvalue weighted by molar-refractivity contribution is 5.91. The fourth-order valence-electron chi connectivity index (χ4n) is 3.88. The number of halogens is 2. The topological polar surface area (TPSA) is 63.1 Å². The second-order valence-corrected chi connectivity index (χ2v) is 6.98. The van der Waals surface area contributed by atoms with Crippen molar-refractivity contribution in [3.8, 4) is 0 Å². The molecule has 0 saturated carbocycles. The van der Waals surface area contributed by atoms with Crippen LogP contribution < -0.4 is 5.32 Å². The molecule has 0 spiro atoms. The Morgan fingerprint density at radius 3 is 2.65 bits per heavy atom. The smallest absolute Gasteiger partial charge is 0.276 e.